The van der Waals surface area contributed by atoms with Gasteiger partial charge in [0.05, 0.1) is 23.5 Å². The van der Waals surface area contributed by atoms with Crippen molar-refractivity contribution < 1.29 is 32.1 Å². The Labute approximate surface area is 270 Å². The molecule has 2 aromatic carbocycles. The van der Waals surface area contributed by atoms with Gasteiger partial charge in [0.15, 0.2) is 23.7 Å². The van der Waals surface area contributed by atoms with Crippen molar-refractivity contribution in [2.45, 2.75) is 41.0 Å². The first-order chi connectivity index (χ1) is 22.4. The van der Waals surface area contributed by atoms with Gasteiger partial charge >= 0.3 is 0 Å². The van der Waals surface area contributed by atoms with Crippen LogP contribution in [0, 0.1) is 17.5 Å². The highest BCUT2D eigenvalue weighted by Crippen LogP contribution is 2.46. The van der Waals surface area contributed by atoms with Crippen LogP contribution in [-0.4, -0.2) is 62.4 Å². The van der Waals surface area contributed by atoms with Crippen LogP contribution in [-0.2, 0) is 18.9 Å². The Morgan fingerprint density at radius 2 is 1.74 bits per heavy atom. The number of ether oxygens (including phenoxy) is 4. The van der Waals surface area contributed by atoms with Crippen LogP contribution in [0.3, 0.4) is 0 Å². The first kappa shape index (κ1) is 30.8. The summed E-state index contributed by atoms with van der Waals surface area (Å²) in [6, 6.07) is 16.1. The van der Waals surface area contributed by atoms with Gasteiger partial charge in [0, 0.05) is 47.3 Å². The molecule has 0 amide bonds. The fourth-order valence-electron chi connectivity index (χ4n) is 5.61. The van der Waals surface area contributed by atoms with Crippen molar-refractivity contribution in [3.8, 4) is 22.5 Å². The minimum atomic E-state index is -1.56. The van der Waals surface area contributed by atoms with Gasteiger partial charge in [0.1, 0.15) is 35.5 Å². The van der Waals surface area contributed by atoms with E-state index in [0.717, 1.165) is 28.2 Å². The van der Waals surface area contributed by atoms with Crippen LogP contribution in [0.2, 0.25) is 5.02 Å². The van der Waals surface area contributed by atoms with Gasteiger partial charge in [-0.15, -0.1) is 5.10 Å². The third-order valence-corrected chi connectivity index (χ3v) is 9.15. The zero-order chi connectivity index (χ0) is 31.8. The number of fused-ring (bicyclic) bond motifs is 1. The van der Waals surface area contributed by atoms with E-state index in [2.05, 4.69) is 20.3 Å². The minimum absolute atomic E-state index is 0.0215. The van der Waals surface area contributed by atoms with Crippen molar-refractivity contribution in [2.24, 2.45) is 0 Å². The lowest BCUT2D eigenvalue weighted by Crippen LogP contribution is -2.59. The number of nitrogens with zero attached hydrogens (tertiary/aromatic N) is 5. The number of pyridine rings is 2. The average molecular weight is 668 g/mol. The van der Waals surface area contributed by atoms with Crippen LogP contribution in [0.15, 0.2) is 90.3 Å². The van der Waals surface area contributed by atoms with Gasteiger partial charge in [0.25, 0.3) is 0 Å². The van der Waals surface area contributed by atoms with Gasteiger partial charge in [-0.1, -0.05) is 58.9 Å². The van der Waals surface area contributed by atoms with Crippen LogP contribution in [0.25, 0.3) is 22.5 Å². The Balaban J connectivity index is 1.27. The predicted octanol–water partition coefficient (Wildman–Crippen LogP) is 6.66. The molecule has 0 bridgehead atoms. The van der Waals surface area contributed by atoms with E-state index in [1.54, 1.807) is 31.8 Å². The lowest BCUT2D eigenvalue weighted by atomic mass is 9.95. The molecule has 0 N–H and O–H groups in total. The Morgan fingerprint density at radius 3 is 2.48 bits per heavy atom. The monoisotopic (exact) mass is 667 g/mol. The number of rotatable bonds is 7. The molecule has 7 rings (SSSR count). The SMILES string of the molecule is COC1C(Sc2cc(Cl)cnc2-c2ccncc2)OC2COC(c3ccccc3)OC2C1n1cc(-c2cc(F)c(F)c(F)c2)nn1. The molecule has 236 valence electrons. The molecule has 6 unspecified atom stereocenters. The van der Waals surface area contributed by atoms with Gasteiger partial charge in [-0.3, -0.25) is 9.97 Å². The zero-order valence-electron chi connectivity index (χ0n) is 24.0. The summed E-state index contributed by atoms with van der Waals surface area (Å²) >= 11 is 7.76. The maximum absolute atomic E-state index is 14.1. The number of hydrogen-bond donors (Lipinski definition) is 0. The van der Waals surface area contributed by atoms with Crippen molar-refractivity contribution in [2.75, 3.05) is 13.7 Å². The molecule has 2 aliphatic heterocycles. The van der Waals surface area contributed by atoms with Gasteiger partial charge in [0.2, 0.25) is 0 Å². The molecule has 6 atom stereocenters. The third-order valence-electron chi connectivity index (χ3n) is 7.76. The van der Waals surface area contributed by atoms with Crippen LogP contribution in [0.5, 0.6) is 0 Å². The number of halogens is 4. The van der Waals surface area contributed by atoms with Crippen molar-refractivity contribution in [3.05, 3.63) is 113 Å². The molecule has 5 aromatic rings. The normalized spacial score (nSPS) is 24.5. The number of hydrogen-bond acceptors (Lipinski definition) is 9. The van der Waals surface area contributed by atoms with E-state index in [0.29, 0.717) is 10.7 Å². The van der Waals surface area contributed by atoms with Crippen LogP contribution < -0.4 is 0 Å². The molecular weight excluding hydrogens is 643 g/mol. The maximum Gasteiger partial charge on any atom is 0.194 e. The van der Waals surface area contributed by atoms with E-state index in [-0.39, 0.29) is 17.9 Å². The molecule has 0 saturated carbocycles. The summed E-state index contributed by atoms with van der Waals surface area (Å²) in [7, 11) is 1.55. The predicted molar refractivity (Wildman–Crippen MR) is 162 cm³/mol. The van der Waals surface area contributed by atoms with E-state index in [4.69, 9.17) is 30.5 Å². The fourth-order valence-corrected chi connectivity index (χ4v) is 7.17. The van der Waals surface area contributed by atoms with E-state index in [9.17, 15) is 13.2 Å². The highest BCUT2D eigenvalue weighted by Gasteiger charge is 2.52. The number of aromatic nitrogens is 5. The second kappa shape index (κ2) is 13.1. The summed E-state index contributed by atoms with van der Waals surface area (Å²) in [6.07, 6.45) is 3.84. The summed E-state index contributed by atoms with van der Waals surface area (Å²) in [6.45, 7) is 0.190. The van der Waals surface area contributed by atoms with Crippen LogP contribution in [0.4, 0.5) is 13.2 Å². The first-order valence-electron chi connectivity index (χ1n) is 14.2. The minimum Gasteiger partial charge on any atom is -0.375 e. The molecule has 0 radical (unpaired) electrons. The molecule has 2 aliphatic rings. The van der Waals surface area contributed by atoms with E-state index in [1.165, 1.54) is 22.6 Å². The molecule has 14 heteroatoms. The second-order valence-corrected chi connectivity index (χ2v) is 12.2. The van der Waals surface area contributed by atoms with Crippen LogP contribution in [0.1, 0.15) is 17.9 Å². The number of thioether (sulfide) groups is 1. The molecule has 2 saturated heterocycles. The van der Waals surface area contributed by atoms with Crippen molar-refractivity contribution >= 4 is 23.4 Å². The Morgan fingerprint density at radius 1 is 0.978 bits per heavy atom. The highest BCUT2D eigenvalue weighted by atomic mass is 35.5. The standard InChI is InChI=1S/C32H25ClF3N5O4S/c1-42-30-28(41-15-23(39-40-41)19-11-21(34)26(36)22(35)12-19)29-24(16-43-31(45-29)18-5-3-2-4-6-18)44-32(30)46-25-13-20(33)14-38-27(25)17-7-9-37-10-8-17/h2-15,24,28-32H,16H2,1H3. The number of methoxy groups -OCH3 is 1. The molecule has 0 aliphatic carbocycles. The molecule has 46 heavy (non-hydrogen) atoms. The summed E-state index contributed by atoms with van der Waals surface area (Å²) < 4.78 is 68.8. The topological polar surface area (TPSA) is 93.4 Å². The Bertz CT molecular complexity index is 1820. The first-order valence-corrected chi connectivity index (χ1v) is 15.4. The quantitative estimate of drug-likeness (QED) is 0.177. The molecule has 9 nitrogen and oxygen atoms in total. The van der Waals surface area contributed by atoms with E-state index < -0.39 is 53.5 Å². The molecule has 2 fully saturated rings. The molecule has 3 aromatic heterocycles. The lowest BCUT2D eigenvalue weighted by molar-refractivity contribution is -0.308. The Kier molecular flexibility index (Phi) is 8.77. The van der Waals surface area contributed by atoms with E-state index >= 15 is 0 Å². The van der Waals surface area contributed by atoms with Crippen LogP contribution >= 0.6 is 23.4 Å². The van der Waals surface area contributed by atoms with Gasteiger partial charge in [-0.05, 0) is 30.3 Å². The average Bonchev–Trinajstić information content (AvgIpc) is 3.57. The number of benzene rings is 2. The largest absolute Gasteiger partial charge is 0.375 e. The zero-order valence-corrected chi connectivity index (χ0v) is 25.6. The van der Waals surface area contributed by atoms with Crippen molar-refractivity contribution in [1.29, 1.82) is 0 Å². The van der Waals surface area contributed by atoms with Gasteiger partial charge in [-0.25, -0.2) is 17.9 Å². The summed E-state index contributed by atoms with van der Waals surface area (Å²) in [5, 5.41) is 8.93. The summed E-state index contributed by atoms with van der Waals surface area (Å²) in [5.74, 6) is -4.23. The lowest BCUT2D eigenvalue weighted by Gasteiger charge is -2.48. The maximum atomic E-state index is 14.1. The van der Waals surface area contributed by atoms with Crippen molar-refractivity contribution in [1.82, 2.24) is 25.0 Å². The Hall–Kier alpha value is -3.85. The molecule has 0 spiro atoms. The van der Waals surface area contributed by atoms with E-state index in [1.807, 2.05) is 42.5 Å². The summed E-state index contributed by atoms with van der Waals surface area (Å²) in [4.78, 5) is 9.42. The van der Waals surface area contributed by atoms with Gasteiger partial charge < -0.3 is 18.9 Å². The van der Waals surface area contributed by atoms with Crippen molar-refractivity contribution in [3.63, 3.8) is 0 Å². The fraction of sp³-hybridized carbons (Fsp3) is 0.250. The smallest absolute Gasteiger partial charge is 0.194 e. The van der Waals surface area contributed by atoms with Gasteiger partial charge in [-0.2, -0.15) is 0 Å². The second-order valence-electron chi connectivity index (χ2n) is 10.6. The highest BCUT2D eigenvalue weighted by molar-refractivity contribution is 8.00. The third kappa shape index (κ3) is 6.01. The molecule has 5 heterocycles. The summed E-state index contributed by atoms with van der Waals surface area (Å²) in [5.41, 5.74) is 1.83. The molecular formula is C32H25ClF3N5O4S.